The Hall–Kier alpha value is -1.39. The molecule has 0 aromatic heterocycles. The summed E-state index contributed by atoms with van der Waals surface area (Å²) in [4.78, 5) is 11.8. The van der Waals surface area contributed by atoms with E-state index in [1.807, 2.05) is 44.2 Å². The fraction of sp³-hybridized carbons (Fsp3) is 0.533. The Balaban J connectivity index is 2.46. The molecule has 4 heteroatoms. The lowest BCUT2D eigenvalue weighted by Crippen LogP contribution is -2.30. The van der Waals surface area contributed by atoms with Gasteiger partial charge in [0.2, 0.25) is 0 Å². The molecule has 1 aromatic carbocycles. The molecule has 0 heterocycles. The number of benzene rings is 1. The molecule has 1 rings (SSSR count). The van der Waals surface area contributed by atoms with Gasteiger partial charge in [-0.3, -0.25) is 4.79 Å². The fourth-order valence-corrected chi connectivity index (χ4v) is 1.78. The number of nitrogens with one attached hydrogen (secondary N) is 1. The van der Waals surface area contributed by atoms with Crippen molar-refractivity contribution < 1.29 is 14.3 Å². The molecule has 0 spiro atoms. The van der Waals surface area contributed by atoms with E-state index in [2.05, 4.69) is 5.32 Å². The van der Waals surface area contributed by atoms with Gasteiger partial charge in [0.1, 0.15) is 0 Å². The van der Waals surface area contributed by atoms with E-state index < -0.39 is 0 Å². The van der Waals surface area contributed by atoms with Crippen molar-refractivity contribution >= 4 is 5.97 Å². The summed E-state index contributed by atoms with van der Waals surface area (Å²) in [5, 5.41) is 3.23. The van der Waals surface area contributed by atoms with Crippen LogP contribution in [0.2, 0.25) is 0 Å². The highest BCUT2D eigenvalue weighted by atomic mass is 16.5. The normalized spacial score (nSPS) is 12.4. The van der Waals surface area contributed by atoms with Crippen LogP contribution in [-0.2, 0) is 14.3 Å². The number of methoxy groups -OCH3 is 1. The third kappa shape index (κ3) is 5.85. The van der Waals surface area contributed by atoms with E-state index in [1.165, 1.54) is 7.11 Å². The van der Waals surface area contributed by atoms with Crippen LogP contribution in [0.15, 0.2) is 30.3 Å². The average molecular weight is 265 g/mol. The highest BCUT2D eigenvalue weighted by Gasteiger charge is 2.20. The third-order valence-corrected chi connectivity index (χ3v) is 2.77. The Bertz CT molecular complexity index is 365. The number of hydrogen-bond donors (Lipinski definition) is 1. The van der Waals surface area contributed by atoms with Crippen molar-refractivity contribution in [2.24, 2.45) is 0 Å². The monoisotopic (exact) mass is 265 g/mol. The predicted octanol–water partition coefficient (Wildman–Crippen LogP) is 1.96. The van der Waals surface area contributed by atoms with Crippen molar-refractivity contribution in [2.45, 2.75) is 25.9 Å². The number of rotatable bonds is 8. The van der Waals surface area contributed by atoms with Gasteiger partial charge in [-0.05, 0) is 19.4 Å². The zero-order valence-electron chi connectivity index (χ0n) is 11.9. The van der Waals surface area contributed by atoms with E-state index in [9.17, 15) is 4.79 Å². The minimum absolute atomic E-state index is 0.219. The minimum Gasteiger partial charge on any atom is -0.469 e. The van der Waals surface area contributed by atoms with Gasteiger partial charge in [0.25, 0.3) is 0 Å². The lowest BCUT2D eigenvalue weighted by molar-refractivity contribution is -0.142. The average Bonchev–Trinajstić information content (AvgIpc) is 2.42. The number of hydrogen-bond acceptors (Lipinski definition) is 4. The summed E-state index contributed by atoms with van der Waals surface area (Å²) < 4.78 is 10.3. The molecule has 0 bridgehead atoms. The van der Waals surface area contributed by atoms with Gasteiger partial charge in [-0.1, -0.05) is 30.3 Å². The van der Waals surface area contributed by atoms with Gasteiger partial charge in [0.15, 0.2) is 0 Å². The van der Waals surface area contributed by atoms with Crippen molar-refractivity contribution in [1.82, 2.24) is 5.32 Å². The van der Waals surface area contributed by atoms with Gasteiger partial charge in [-0.15, -0.1) is 0 Å². The quantitative estimate of drug-likeness (QED) is 0.576. The molecule has 0 amide bonds. The first-order chi connectivity index (χ1) is 9.15. The highest BCUT2D eigenvalue weighted by Crippen LogP contribution is 2.15. The van der Waals surface area contributed by atoms with Crippen LogP contribution in [0.1, 0.15) is 25.3 Å². The largest absolute Gasteiger partial charge is 0.469 e. The van der Waals surface area contributed by atoms with E-state index in [0.29, 0.717) is 13.2 Å². The van der Waals surface area contributed by atoms with Crippen LogP contribution in [0, 0.1) is 0 Å². The number of esters is 1. The Morgan fingerprint density at radius 3 is 2.53 bits per heavy atom. The zero-order valence-corrected chi connectivity index (χ0v) is 11.9. The van der Waals surface area contributed by atoms with Crippen LogP contribution >= 0.6 is 0 Å². The van der Waals surface area contributed by atoms with Gasteiger partial charge in [-0.25, -0.2) is 0 Å². The maximum absolute atomic E-state index is 11.8. The molecule has 0 aliphatic carbocycles. The second kappa shape index (κ2) is 8.67. The summed E-state index contributed by atoms with van der Waals surface area (Å²) in [6.45, 7) is 5.92. The first-order valence-electron chi connectivity index (χ1n) is 6.60. The topological polar surface area (TPSA) is 47.6 Å². The maximum atomic E-state index is 11.8. The summed E-state index contributed by atoms with van der Waals surface area (Å²) >= 11 is 0. The summed E-state index contributed by atoms with van der Waals surface area (Å²) in [6.07, 6.45) is 0.229. The SMILES string of the molecule is COC(=O)C(CNCCOC(C)C)c1ccccc1. The van der Waals surface area contributed by atoms with E-state index in [-0.39, 0.29) is 18.0 Å². The highest BCUT2D eigenvalue weighted by molar-refractivity contribution is 5.78. The molecular weight excluding hydrogens is 242 g/mol. The molecule has 0 fully saturated rings. The Morgan fingerprint density at radius 1 is 1.26 bits per heavy atom. The van der Waals surface area contributed by atoms with Crippen molar-refractivity contribution in [2.75, 3.05) is 26.8 Å². The molecule has 0 aliphatic rings. The van der Waals surface area contributed by atoms with E-state index in [0.717, 1.165) is 12.1 Å². The maximum Gasteiger partial charge on any atom is 0.314 e. The summed E-state index contributed by atoms with van der Waals surface area (Å²) in [7, 11) is 1.42. The smallest absolute Gasteiger partial charge is 0.314 e. The Kier molecular flexibility index (Phi) is 7.15. The summed E-state index contributed by atoms with van der Waals surface area (Å²) in [5.41, 5.74) is 0.964. The molecule has 1 unspecified atom stereocenters. The molecular formula is C15H23NO3. The molecule has 1 atom stereocenters. The predicted molar refractivity (Wildman–Crippen MR) is 75.2 cm³/mol. The van der Waals surface area contributed by atoms with E-state index >= 15 is 0 Å². The van der Waals surface area contributed by atoms with Gasteiger partial charge in [0.05, 0.1) is 25.7 Å². The van der Waals surface area contributed by atoms with Crippen LogP contribution in [0.4, 0.5) is 0 Å². The van der Waals surface area contributed by atoms with Gasteiger partial charge >= 0.3 is 5.97 Å². The van der Waals surface area contributed by atoms with Crippen LogP contribution in [-0.4, -0.2) is 38.9 Å². The first-order valence-corrected chi connectivity index (χ1v) is 6.60. The lowest BCUT2D eigenvalue weighted by atomic mass is 9.99. The molecule has 1 aromatic rings. The second-order valence-corrected chi connectivity index (χ2v) is 4.61. The number of carbonyl (C=O) groups excluding carboxylic acids is 1. The van der Waals surface area contributed by atoms with E-state index in [1.54, 1.807) is 0 Å². The first kappa shape index (κ1) is 15.7. The van der Waals surface area contributed by atoms with Crippen molar-refractivity contribution in [3.05, 3.63) is 35.9 Å². The van der Waals surface area contributed by atoms with E-state index in [4.69, 9.17) is 9.47 Å². The van der Waals surface area contributed by atoms with Crippen molar-refractivity contribution in [3.63, 3.8) is 0 Å². The Morgan fingerprint density at radius 2 is 1.95 bits per heavy atom. The van der Waals surface area contributed by atoms with Crippen LogP contribution < -0.4 is 5.32 Å². The molecule has 1 N–H and O–H groups in total. The third-order valence-electron chi connectivity index (χ3n) is 2.77. The minimum atomic E-state index is -0.273. The molecule has 19 heavy (non-hydrogen) atoms. The van der Waals surface area contributed by atoms with Gasteiger partial charge in [0, 0.05) is 13.1 Å². The fourth-order valence-electron chi connectivity index (χ4n) is 1.78. The molecule has 0 radical (unpaired) electrons. The van der Waals surface area contributed by atoms with Crippen molar-refractivity contribution in [3.8, 4) is 0 Å². The zero-order chi connectivity index (χ0) is 14.1. The van der Waals surface area contributed by atoms with Crippen LogP contribution in [0.5, 0.6) is 0 Å². The van der Waals surface area contributed by atoms with Gasteiger partial charge in [-0.2, -0.15) is 0 Å². The summed E-state index contributed by atoms with van der Waals surface area (Å²) in [6, 6.07) is 9.66. The molecule has 0 saturated heterocycles. The number of carbonyl (C=O) groups is 1. The standard InChI is InChI=1S/C15H23NO3/c1-12(2)19-10-9-16-11-14(15(17)18-3)13-7-5-4-6-8-13/h4-8,12,14,16H,9-11H2,1-3H3. The lowest BCUT2D eigenvalue weighted by Gasteiger charge is -2.16. The summed E-state index contributed by atoms with van der Waals surface area (Å²) in [5.74, 6) is -0.492. The molecule has 0 saturated carbocycles. The van der Waals surface area contributed by atoms with Crippen LogP contribution in [0.25, 0.3) is 0 Å². The van der Waals surface area contributed by atoms with Gasteiger partial charge < -0.3 is 14.8 Å². The molecule has 4 nitrogen and oxygen atoms in total. The molecule has 0 aliphatic heterocycles. The second-order valence-electron chi connectivity index (χ2n) is 4.61. The van der Waals surface area contributed by atoms with Crippen molar-refractivity contribution in [1.29, 1.82) is 0 Å². The molecule has 106 valence electrons. The van der Waals surface area contributed by atoms with Crippen LogP contribution in [0.3, 0.4) is 0 Å². The Labute approximate surface area is 115 Å². The number of ether oxygens (including phenoxy) is 2.